The quantitative estimate of drug-likeness (QED) is 0.584. The van der Waals surface area contributed by atoms with Crippen LogP contribution in [-0.4, -0.2) is 33.4 Å². The lowest BCUT2D eigenvalue weighted by Gasteiger charge is -2.03. The number of anilines is 1. The van der Waals surface area contributed by atoms with Gasteiger partial charge in [0.15, 0.2) is 5.13 Å². The molecule has 3 aromatic rings. The smallest absolute Gasteiger partial charge is 0.277 e. The van der Waals surface area contributed by atoms with Crippen LogP contribution in [0.15, 0.2) is 39.3 Å². The number of aromatic nitrogens is 3. The molecule has 1 N–H and O–H groups in total. The summed E-state index contributed by atoms with van der Waals surface area (Å²) in [5, 5.41) is 13.4. The highest BCUT2D eigenvalue weighted by Gasteiger charge is 2.11. The minimum absolute atomic E-state index is 0.168. The average molecular weight is 390 g/mol. The first-order chi connectivity index (χ1) is 12.7. The number of hydrogen-bond donors (Lipinski definition) is 1. The number of thioether (sulfide) groups is 1. The Balaban J connectivity index is 1.54. The van der Waals surface area contributed by atoms with Crippen LogP contribution in [-0.2, 0) is 11.2 Å². The van der Waals surface area contributed by atoms with Crippen molar-refractivity contribution in [1.29, 1.82) is 0 Å². The molecule has 0 fully saturated rings. The van der Waals surface area contributed by atoms with E-state index in [0.717, 1.165) is 17.0 Å². The number of carbonyl (C=O) groups excluding carboxylic acids is 1. The highest BCUT2D eigenvalue weighted by molar-refractivity contribution is 7.99. The molecule has 0 aliphatic rings. The Labute approximate surface area is 159 Å². The molecule has 0 saturated carbocycles. The van der Waals surface area contributed by atoms with Gasteiger partial charge in [0.05, 0.1) is 18.1 Å². The second kappa shape index (κ2) is 8.81. The first kappa shape index (κ1) is 18.4. The van der Waals surface area contributed by atoms with Crippen LogP contribution in [0.1, 0.15) is 19.7 Å². The molecule has 9 heteroatoms. The van der Waals surface area contributed by atoms with Gasteiger partial charge in [0.25, 0.3) is 5.22 Å². The largest absolute Gasteiger partial charge is 0.494 e. The van der Waals surface area contributed by atoms with Gasteiger partial charge in [0, 0.05) is 17.4 Å². The van der Waals surface area contributed by atoms with Crippen molar-refractivity contribution in [1.82, 2.24) is 15.2 Å². The summed E-state index contributed by atoms with van der Waals surface area (Å²) in [6.07, 6.45) is 0.674. The van der Waals surface area contributed by atoms with Crippen molar-refractivity contribution in [3.63, 3.8) is 0 Å². The lowest BCUT2D eigenvalue weighted by molar-refractivity contribution is -0.113. The summed E-state index contributed by atoms with van der Waals surface area (Å²) >= 11 is 2.59. The van der Waals surface area contributed by atoms with Crippen LogP contribution < -0.4 is 10.1 Å². The number of nitrogens with one attached hydrogen (secondary N) is 1. The van der Waals surface area contributed by atoms with E-state index in [1.807, 2.05) is 43.5 Å². The standard InChI is InChI=1S/C17H18N4O3S2/c1-3-15-20-21-17(24-15)26-10-14(22)19-16-18-13(9-25-16)11-5-7-12(8-6-11)23-4-2/h5-9H,3-4,10H2,1-2H3,(H,18,19,22). The van der Waals surface area contributed by atoms with E-state index < -0.39 is 0 Å². The molecule has 0 aliphatic heterocycles. The van der Waals surface area contributed by atoms with Gasteiger partial charge in [-0.1, -0.05) is 18.7 Å². The molecule has 136 valence electrons. The van der Waals surface area contributed by atoms with Crippen molar-refractivity contribution in [3.05, 3.63) is 35.5 Å². The fourth-order valence-corrected chi connectivity index (χ4v) is 3.39. The summed E-state index contributed by atoms with van der Waals surface area (Å²) in [4.78, 5) is 16.5. The van der Waals surface area contributed by atoms with Crippen molar-refractivity contribution < 1.29 is 13.9 Å². The number of benzene rings is 1. The summed E-state index contributed by atoms with van der Waals surface area (Å²) in [5.41, 5.74) is 1.78. The van der Waals surface area contributed by atoms with Gasteiger partial charge < -0.3 is 14.5 Å². The number of hydrogen-bond acceptors (Lipinski definition) is 8. The fraction of sp³-hybridized carbons (Fsp3) is 0.294. The molecule has 1 aromatic carbocycles. The van der Waals surface area contributed by atoms with Crippen LogP contribution in [0.4, 0.5) is 5.13 Å². The van der Waals surface area contributed by atoms with Crippen molar-refractivity contribution >= 4 is 34.1 Å². The van der Waals surface area contributed by atoms with Crippen LogP contribution in [0.2, 0.25) is 0 Å². The maximum Gasteiger partial charge on any atom is 0.277 e. The normalized spacial score (nSPS) is 10.7. The molecule has 1 amide bonds. The maximum atomic E-state index is 12.1. The lowest BCUT2D eigenvalue weighted by Crippen LogP contribution is -2.13. The summed E-state index contributed by atoms with van der Waals surface area (Å²) in [7, 11) is 0. The molecule has 0 atom stereocenters. The highest BCUT2D eigenvalue weighted by atomic mass is 32.2. The van der Waals surface area contributed by atoms with E-state index in [1.165, 1.54) is 23.1 Å². The Morgan fingerprint density at radius 2 is 2.08 bits per heavy atom. The Morgan fingerprint density at radius 3 is 2.77 bits per heavy atom. The molecular formula is C17H18N4O3S2. The fourth-order valence-electron chi connectivity index (χ4n) is 2.07. The van der Waals surface area contributed by atoms with Crippen LogP contribution >= 0.6 is 23.1 Å². The van der Waals surface area contributed by atoms with Crippen molar-refractivity contribution in [2.24, 2.45) is 0 Å². The molecule has 3 rings (SSSR count). The molecule has 2 heterocycles. The van der Waals surface area contributed by atoms with Crippen LogP contribution in [0, 0.1) is 0 Å². The molecule has 0 spiro atoms. The summed E-state index contributed by atoms with van der Waals surface area (Å²) in [5.74, 6) is 1.40. The summed E-state index contributed by atoms with van der Waals surface area (Å²) in [6.45, 7) is 4.51. The molecular weight excluding hydrogens is 372 g/mol. The summed E-state index contributed by atoms with van der Waals surface area (Å²) in [6, 6.07) is 7.70. The zero-order valence-corrected chi connectivity index (χ0v) is 16.0. The molecule has 0 saturated heterocycles. The van der Waals surface area contributed by atoms with Crippen molar-refractivity contribution in [2.75, 3.05) is 17.7 Å². The zero-order valence-electron chi connectivity index (χ0n) is 14.4. The topological polar surface area (TPSA) is 90.1 Å². The number of thiazole rings is 1. The number of carbonyl (C=O) groups is 1. The first-order valence-corrected chi connectivity index (χ1v) is 9.98. The number of nitrogens with zero attached hydrogens (tertiary/aromatic N) is 3. The van der Waals surface area contributed by atoms with Gasteiger partial charge in [-0.2, -0.15) is 0 Å². The predicted molar refractivity (Wildman–Crippen MR) is 102 cm³/mol. The van der Waals surface area contributed by atoms with E-state index >= 15 is 0 Å². The van der Waals surface area contributed by atoms with Gasteiger partial charge in [-0.3, -0.25) is 4.79 Å². The minimum Gasteiger partial charge on any atom is -0.494 e. The Bertz CT molecular complexity index is 861. The highest BCUT2D eigenvalue weighted by Crippen LogP contribution is 2.27. The van der Waals surface area contributed by atoms with E-state index in [1.54, 1.807) is 0 Å². The number of ether oxygens (including phenoxy) is 1. The van der Waals surface area contributed by atoms with Crippen LogP contribution in [0.5, 0.6) is 5.75 Å². The first-order valence-electron chi connectivity index (χ1n) is 8.11. The van der Waals surface area contributed by atoms with E-state index in [0.29, 0.717) is 29.3 Å². The minimum atomic E-state index is -0.168. The molecule has 2 aromatic heterocycles. The Hall–Kier alpha value is -2.39. The van der Waals surface area contributed by atoms with Gasteiger partial charge >= 0.3 is 0 Å². The van der Waals surface area contributed by atoms with Gasteiger partial charge in [0.2, 0.25) is 11.8 Å². The van der Waals surface area contributed by atoms with Gasteiger partial charge in [-0.15, -0.1) is 21.5 Å². The molecule has 0 aliphatic carbocycles. The molecule has 7 nitrogen and oxygen atoms in total. The van der Waals surface area contributed by atoms with Crippen molar-refractivity contribution in [2.45, 2.75) is 25.5 Å². The maximum absolute atomic E-state index is 12.1. The SMILES string of the molecule is CCOc1ccc(-c2csc(NC(=O)CSc3nnc(CC)o3)n2)cc1. The number of amides is 1. The third-order valence-corrected chi connectivity index (χ3v) is 4.87. The van der Waals surface area contributed by atoms with E-state index in [2.05, 4.69) is 20.5 Å². The van der Waals surface area contributed by atoms with Crippen molar-refractivity contribution in [3.8, 4) is 17.0 Å². The third-order valence-electron chi connectivity index (χ3n) is 3.29. The Kier molecular flexibility index (Phi) is 6.24. The second-order valence-corrected chi connectivity index (χ2v) is 6.93. The number of rotatable bonds is 8. The number of aryl methyl sites for hydroxylation is 1. The molecule has 26 heavy (non-hydrogen) atoms. The van der Waals surface area contributed by atoms with E-state index in [9.17, 15) is 4.79 Å². The third kappa shape index (κ3) is 4.83. The molecule has 0 unspecified atom stereocenters. The summed E-state index contributed by atoms with van der Waals surface area (Å²) < 4.78 is 10.8. The van der Waals surface area contributed by atoms with Gasteiger partial charge in [0.1, 0.15) is 5.75 Å². The monoisotopic (exact) mass is 390 g/mol. The second-order valence-electron chi connectivity index (χ2n) is 5.15. The Morgan fingerprint density at radius 1 is 1.27 bits per heavy atom. The molecule has 0 bridgehead atoms. The van der Waals surface area contributed by atoms with Crippen LogP contribution in [0.25, 0.3) is 11.3 Å². The van der Waals surface area contributed by atoms with E-state index in [-0.39, 0.29) is 11.7 Å². The van der Waals surface area contributed by atoms with Crippen LogP contribution in [0.3, 0.4) is 0 Å². The average Bonchev–Trinajstić information content (AvgIpc) is 3.30. The predicted octanol–water partition coefficient (Wildman–Crippen LogP) is 3.89. The van der Waals surface area contributed by atoms with Gasteiger partial charge in [-0.05, 0) is 31.2 Å². The van der Waals surface area contributed by atoms with Gasteiger partial charge in [-0.25, -0.2) is 4.98 Å². The zero-order chi connectivity index (χ0) is 18.4. The lowest BCUT2D eigenvalue weighted by atomic mass is 10.2. The molecule has 0 radical (unpaired) electrons. The van der Waals surface area contributed by atoms with E-state index in [4.69, 9.17) is 9.15 Å².